The van der Waals surface area contributed by atoms with Gasteiger partial charge in [0.25, 0.3) is 0 Å². The fourth-order valence-electron chi connectivity index (χ4n) is 3.04. The van der Waals surface area contributed by atoms with Crippen LogP contribution in [0.15, 0.2) is 36.9 Å². The normalized spacial score (nSPS) is 22.5. The molecule has 5 heterocycles. The molecule has 4 aliphatic rings. The molecule has 1 aromatic heterocycles. The highest BCUT2D eigenvalue weighted by Gasteiger charge is 2.32. The molecule has 118 valence electrons. The van der Waals surface area contributed by atoms with Gasteiger partial charge in [0.15, 0.2) is 6.54 Å². The third kappa shape index (κ3) is 2.66. The molecular weight excluding hydrogens is 302 g/mol. The smallest absolute Gasteiger partial charge is 0.356 e. The van der Waals surface area contributed by atoms with Gasteiger partial charge in [0.2, 0.25) is 32.4 Å². The summed E-state index contributed by atoms with van der Waals surface area (Å²) < 4.78 is 4.07. The molecule has 0 spiro atoms. The van der Waals surface area contributed by atoms with E-state index in [0.29, 0.717) is 13.3 Å². The Morgan fingerprint density at radius 3 is 2.46 bits per heavy atom. The van der Waals surface area contributed by atoms with E-state index in [1.54, 1.807) is 0 Å². The van der Waals surface area contributed by atoms with Gasteiger partial charge in [0, 0.05) is 30.5 Å². The molecule has 0 atom stereocenters. The number of hydrogen-bond acceptors (Lipinski definition) is 4. The summed E-state index contributed by atoms with van der Waals surface area (Å²) in [5.41, 5.74) is 2.34. The molecule has 1 aromatic rings. The number of aromatic nitrogens is 1. The minimum atomic E-state index is 0.686. The summed E-state index contributed by atoms with van der Waals surface area (Å²) in [5.74, 6) is 0. The highest BCUT2D eigenvalue weighted by atomic mass is 15.5. The van der Waals surface area contributed by atoms with Gasteiger partial charge in [-0.25, -0.2) is 0 Å². The Labute approximate surface area is 141 Å². The standard InChI is InChI=1S/C17H17N7/c1-2-17-10-20-4-6-22(12-20)14-24-8-7-23(15-24)13-21-5-3-19(11-21)9-16(1)18-17/h1-8,18H,9-10,13-14H2/q+2. The monoisotopic (exact) mass is 319 g/mol. The van der Waals surface area contributed by atoms with Crippen molar-refractivity contribution in [2.24, 2.45) is 0 Å². The third-order valence-corrected chi connectivity index (χ3v) is 4.15. The summed E-state index contributed by atoms with van der Waals surface area (Å²) in [5, 5.41) is 0. The molecule has 0 aromatic carbocycles. The van der Waals surface area contributed by atoms with Crippen LogP contribution in [0, 0.1) is 20.0 Å². The van der Waals surface area contributed by atoms with E-state index < -0.39 is 0 Å². The first-order valence-electron chi connectivity index (χ1n) is 7.91. The first-order valence-corrected chi connectivity index (χ1v) is 7.91. The topological polar surface area (TPSA) is 34.8 Å². The Balaban J connectivity index is 1.37. The number of H-pyrrole nitrogens is 1. The fourth-order valence-corrected chi connectivity index (χ4v) is 3.04. The van der Waals surface area contributed by atoms with Crippen molar-refractivity contribution in [2.45, 2.75) is 13.1 Å². The third-order valence-electron chi connectivity index (χ3n) is 4.15. The van der Waals surface area contributed by atoms with Gasteiger partial charge in [-0.05, 0) is 12.1 Å². The molecule has 0 saturated heterocycles. The Kier molecular flexibility index (Phi) is 3.11. The number of fused-ring (bicyclic) bond motifs is 8. The Morgan fingerprint density at radius 1 is 0.833 bits per heavy atom. The minimum Gasteiger partial charge on any atom is -0.356 e. The van der Waals surface area contributed by atoms with Crippen molar-refractivity contribution < 1.29 is 9.15 Å². The van der Waals surface area contributed by atoms with Gasteiger partial charge in [-0.1, -0.05) is 0 Å². The van der Waals surface area contributed by atoms with Crippen LogP contribution in [-0.2, 0) is 13.1 Å². The lowest BCUT2D eigenvalue weighted by Gasteiger charge is -2.24. The molecule has 4 aliphatic heterocycles. The summed E-state index contributed by atoms with van der Waals surface area (Å²) >= 11 is 0. The Hall–Kier alpha value is -2.70. The molecule has 5 rings (SSSR count). The number of hydrogen-bond donors (Lipinski definition) is 1. The van der Waals surface area contributed by atoms with E-state index in [1.165, 1.54) is 11.4 Å². The van der Waals surface area contributed by atoms with Gasteiger partial charge in [-0.3, -0.25) is 4.90 Å². The van der Waals surface area contributed by atoms with Crippen LogP contribution in [0.4, 0.5) is 0 Å². The molecule has 0 unspecified atom stereocenters. The summed E-state index contributed by atoms with van der Waals surface area (Å²) in [6.07, 6.45) is 12.2. The Bertz CT molecular complexity index is 757. The predicted molar refractivity (Wildman–Crippen MR) is 85.9 cm³/mol. The average molecular weight is 319 g/mol. The van der Waals surface area contributed by atoms with Gasteiger partial charge in [0.05, 0.1) is 18.9 Å². The van der Waals surface area contributed by atoms with Gasteiger partial charge in [0.1, 0.15) is 0 Å². The summed E-state index contributed by atoms with van der Waals surface area (Å²) in [4.78, 5) is 11.6. The number of aromatic amines is 1. The van der Waals surface area contributed by atoms with Crippen molar-refractivity contribution in [1.29, 1.82) is 0 Å². The maximum Gasteiger partial charge on any atom is 0.646 e. The lowest BCUT2D eigenvalue weighted by Crippen LogP contribution is -2.32. The lowest BCUT2D eigenvalue weighted by molar-refractivity contribution is -0.669. The van der Waals surface area contributed by atoms with Crippen LogP contribution in [0.25, 0.3) is 0 Å². The van der Waals surface area contributed by atoms with Gasteiger partial charge in [-0.15, -0.1) is 9.15 Å². The van der Waals surface area contributed by atoms with Gasteiger partial charge in [-0.2, -0.15) is 0 Å². The highest BCUT2D eigenvalue weighted by molar-refractivity contribution is 6.11. The van der Waals surface area contributed by atoms with Gasteiger partial charge < -0.3 is 19.7 Å². The lowest BCUT2D eigenvalue weighted by atomic mass is 10.4. The van der Waals surface area contributed by atoms with E-state index in [1.807, 2.05) is 56.5 Å². The molecule has 7 heteroatoms. The van der Waals surface area contributed by atoms with Gasteiger partial charge >= 0.3 is 6.67 Å². The van der Waals surface area contributed by atoms with E-state index in [-0.39, 0.29) is 0 Å². The molecule has 1 N–H and O–H groups in total. The van der Waals surface area contributed by atoms with Crippen LogP contribution in [0.3, 0.4) is 0 Å². The quantitative estimate of drug-likeness (QED) is 0.697. The predicted octanol–water partition coefficient (Wildman–Crippen LogP) is 0.290. The zero-order chi connectivity index (χ0) is 15.9. The van der Waals surface area contributed by atoms with E-state index in [0.717, 1.165) is 13.1 Å². The molecule has 7 nitrogen and oxygen atoms in total. The van der Waals surface area contributed by atoms with Crippen LogP contribution in [-0.4, -0.2) is 59.5 Å². The van der Waals surface area contributed by atoms with Crippen molar-refractivity contribution in [3.05, 3.63) is 68.3 Å². The molecule has 0 amide bonds. The zero-order valence-electron chi connectivity index (χ0n) is 13.1. The van der Waals surface area contributed by atoms with Crippen molar-refractivity contribution in [1.82, 2.24) is 24.6 Å². The molecular formula is C17H17N7+2. The number of nitrogens with one attached hydrogen (secondary N) is 1. The van der Waals surface area contributed by atoms with Crippen LogP contribution in [0.2, 0.25) is 0 Å². The van der Waals surface area contributed by atoms with Crippen molar-refractivity contribution in [2.75, 3.05) is 13.3 Å². The van der Waals surface area contributed by atoms with Crippen molar-refractivity contribution in [3.63, 3.8) is 0 Å². The summed E-state index contributed by atoms with van der Waals surface area (Å²) in [7, 11) is 0. The van der Waals surface area contributed by atoms with E-state index in [2.05, 4.69) is 46.6 Å². The largest absolute Gasteiger partial charge is 0.646 e. The maximum absolute atomic E-state index is 3.48. The second-order valence-corrected chi connectivity index (χ2v) is 6.12. The van der Waals surface area contributed by atoms with Crippen molar-refractivity contribution >= 4 is 12.4 Å². The van der Waals surface area contributed by atoms with Crippen LogP contribution in [0.1, 0.15) is 11.4 Å². The molecule has 0 saturated carbocycles. The number of nitrogens with zero attached hydrogens (tertiary/aromatic N) is 6. The van der Waals surface area contributed by atoms with Crippen LogP contribution >= 0.6 is 0 Å². The average Bonchev–Trinajstić information content (AvgIpc) is 3.32. The molecule has 0 fully saturated rings. The van der Waals surface area contributed by atoms with E-state index >= 15 is 0 Å². The molecule has 8 bridgehead atoms. The van der Waals surface area contributed by atoms with Crippen LogP contribution < -0.4 is 0 Å². The minimum absolute atomic E-state index is 0.686. The SMILES string of the molecule is [C]1N2C=CN1CN1[C]N(C=C1)C[N+]1=CC=[N+]([C]1)Cc1ccc([nH]1)C2. The van der Waals surface area contributed by atoms with Crippen molar-refractivity contribution in [3.8, 4) is 0 Å². The van der Waals surface area contributed by atoms with E-state index in [9.17, 15) is 0 Å². The summed E-state index contributed by atoms with van der Waals surface area (Å²) in [6.45, 7) is 12.9. The maximum atomic E-state index is 3.48. The molecule has 6 radical (unpaired) electrons. The van der Waals surface area contributed by atoms with E-state index in [4.69, 9.17) is 0 Å². The fraction of sp³-hybridized carbons (Fsp3) is 0.235. The second kappa shape index (κ2) is 5.43. The first-order chi connectivity index (χ1) is 11.8. The molecule has 24 heavy (non-hydrogen) atoms. The highest BCUT2D eigenvalue weighted by Crippen LogP contribution is 2.19. The second-order valence-electron chi connectivity index (χ2n) is 6.12. The zero-order valence-corrected chi connectivity index (χ0v) is 13.1. The number of rotatable bonds is 0. The Morgan fingerprint density at radius 2 is 1.54 bits per heavy atom. The molecule has 0 aliphatic carbocycles. The summed E-state index contributed by atoms with van der Waals surface area (Å²) in [6, 6.07) is 4.26. The first kappa shape index (κ1) is 13.7. The van der Waals surface area contributed by atoms with Crippen LogP contribution in [0.5, 0.6) is 0 Å².